The maximum atomic E-state index is 13.8. The van der Waals surface area contributed by atoms with Crippen LogP contribution in [0, 0.1) is 11.7 Å². The fourth-order valence-electron chi connectivity index (χ4n) is 2.70. The molecular formula is C24H26FN5O4S. The van der Waals surface area contributed by atoms with Crippen LogP contribution in [0.3, 0.4) is 0 Å². The Morgan fingerprint density at radius 2 is 1.91 bits per heavy atom. The van der Waals surface area contributed by atoms with E-state index in [4.69, 9.17) is 16.2 Å². The Hall–Kier alpha value is -3.57. The van der Waals surface area contributed by atoms with E-state index in [-0.39, 0.29) is 23.5 Å². The van der Waals surface area contributed by atoms with Crippen LogP contribution in [0.1, 0.15) is 65.6 Å². The highest BCUT2D eigenvalue weighted by Gasteiger charge is 2.31. The summed E-state index contributed by atoms with van der Waals surface area (Å²) < 4.78 is 24.0. The molecule has 0 aromatic carbocycles. The topological polar surface area (TPSA) is 151 Å². The highest BCUT2D eigenvalue weighted by molar-refractivity contribution is 7.06. The van der Waals surface area contributed by atoms with Crippen LogP contribution >= 0.6 is 11.5 Å². The lowest BCUT2D eigenvalue weighted by atomic mass is 10.1. The van der Waals surface area contributed by atoms with Gasteiger partial charge in [-0.15, -0.1) is 0 Å². The van der Waals surface area contributed by atoms with Crippen LogP contribution in [0.2, 0.25) is 0 Å². The Balaban J connectivity index is 0.000000429. The lowest BCUT2D eigenvalue weighted by molar-refractivity contribution is -0.121. The summed E-state index contributed by atoms with van der Waals surface area (Å²) in [7, 11) is 0. The Labute approximate surface area is 205 Å². The number of nitrogens with zero attached hydrogens (tertiary/aromatic N) is 3. The normalized spacial score (nSPS) is 13.9. The third kappa shape index (κ3) is 6.96. The molecule has 1 amide bonds. The summed E-state index contributed by atoms with van der Waals surface area (Å²) in [5.41, 5.74) is 10.4. The summed E-state index contributed by atoms with van der Waals surface area (Å²) in [6.45, 7) is 5.00. The third-order valence-corrected chi connectivity index (χ3v) is 6.04. The highest BCUT2D eigenvalue weighted by Crippen LogP contribution is 2.33. The number of halogens is 1. The Morgan fingerprint density at radius 1 is 1.23 bits per heavy atom. The lowest BCUT2D eigenvalue weighted by Crippen LogP contribution is -2.46. The molecule has 0 radical (unpaired) electrons. The summed E-state index contributed by atoms with van der Waals surface area (Å²) >= 11 is 1.24. The average molecular weight is 500 g/mol. The number of aldehydes is 1. The Kier molecular flexibility index (Phi) is 8.03. The first-order valence-electron chi connectivity index (χ1n) is 10.8. The van der Waals surface area contributed by atoms with E-state index in [0.29, 0.717) is 29.0 Å². The zero-order valence-corrected chi connectivity index (χ0v) is 20.3. The minimum Gasteiger partial charge on any atom is -0.484 e. The summed E-state index contributed by atoms with van der Waals surface area (Å²) in [6.07, 6.45) is 4.92. The van der Waals surface area contributed by atoms with Crippen LogP contribution in [0.4, 0.5) is 4.39 Å². The van der Waals surface area contributed by atoms with E-state index >= 15 is 0 Å². The first kappa shape index (κ1) is 26.0. The van der Waals surface area contributed by atoms with E-state index in [1.165, 1.54) is 23.8 Å². The van der Waals surface area contributed by atoms with Gasteiger partial charge in [0.15, 0.2) is 17.9 Å². The fraction of sp³-hybridized carbons (Fsp3) is 0.333. The molecule has 4 rings (SSSR count). The van der Waals surface area contributed by atoms with Crippen molar-refractivity contribution in [3.8, 4) is 17.0 Å². The highest BCUT2D eigenvalue weighted by atomic mass is 32.1. The van der Waals surface area contributed by atoms with Crippen LogP contribution in [-0.4, -0.2) is 37.9 Å². The van der Waals surface area contributed by atoms with Crippen molar-refractivity contribution in [3.63, 3.8) is 0 Å². The minimum atomic E-state index is -0.861. The van der Waals surface area contributed by atoms with Gasteiger partial charge in [-0.25, -0.2) is 14.4 Å². The predicted octanol–water partition coefficient (Wildman–Crippen LogP) is 3.49. The van der Waals surface area contributed by atoms with Crippen molar-refractivity contribution in [1.29, 1.82) is 0 Å². The van der Waals surface area contributed by atoms with Gasteiger partial charge in [-0.05, 0) is 69.4 Å². The van der Waals surface area contributed by atoms with Gasteiger partial charge >= 0.3 is 0 Å². The average Bonchev–Trinajstić information content (AvgIpc) is 3.54. The number of pyridine rings is 2. The van der Waals surface area contributed by atoms with Crippen LogP contribution in [0.5, 0.6) is 5.75 Å². The van der Waals surface area contributed by atoms with Crippen molar-refractivity contribution in [3.05, 3.63) is 58.7 Å². The lowest BCUT2D eigenvalue weighted by Gasteiger charge is -2.12. The fourth-order valence-corrected chi connectivity index (χ4v) is 3.43. The largest absolute Gasteiger partial charge is 0.484 e. The molecule has 35 heavy (non-hydrogen) atoms. The number of carbonyl (C=O) groups is 3. The van der Waals surface area contributed by atoms with Crippen molar-refractivity contribution in [2.75, 3.05) is 0 Å². The number of Topliss-reactive ketones (excluding diaryl/α,β-unsaturated/α-hetero) is 1. The number of rotatable bonds is 8. The third-order valence-electron chi connectivity index (χ3n) is 5.09. The number of ketones is 1. The van der Waals surface area contributed by atoms with Crippen molar-refractivity contribution >= 4 is 29.5 Å². The van der Waals surface area contributed by atoms with Crippen LogP contribution < -0.4 is 16.2 Å². The zero-order chi connectivity index (χ0) is 25.8. The SMILES string of the molecule is CC(C)(N)C(N)=O.CC(Oc1ccc(C(=O)C2CC2)nc1)c1cc(-c2cnc(C=O)c(F)c2)ns1. The number of primary amides is 1. The van der Waals surface area contributed by atoms with Crippen molar-refractivity contribution in [2.24, 2.45) is 17.4 Å². The molecule has 3 heterocycles. The molecule has 0 spiro atoms. The zero-order valence-electron chi connectivity index (χ0n) is 19.5. The monoisotopic (exact) mass is 499 g/mol. The first-order valence-corrected chi connectivity index (χ1v) is 11.6. The van der Waals surface area contributed by atoms with E-state index in [2.05, 4.69) is 14.3 Å². The van der Waals surface area contributed by atoms with E-state index in [1.54, 1.807) is 38.2 Å². The molecule has 3 aromatic rings. The number of ether oxygens (including phenoxy) is 1. The van der Waals surface area contributed by atoms with Gasteiger partial charge in [0.05, 0.1) is 22.3 Å². The molecule has 4 N–H and O–H groups in total. The molecular weight excluding hydrogens is 473 g/mol. The van der Waals surface area contributed by atoms with Gasteiger partial charge < -0.3 is 16.2 Å². The molecule has 11 heteroatoms. The second-order valence-corrected chi connectivity index (χ2v) is 9.52. The second kappa shape index (κ2) is 10.8. The molecule has 1 saturated carbocycles. The number of hydrogen-bond acceptors (Lipinski definition) is 9. The van der Waals surface area contributed by atoms with Gasteiger partial charge in [0, 0.05) is 17.7 Å². The maximum Gasteiger partial charge on any atom is 0.236 e. The molecule has 184 valence electrons. The number of hydrogen-bond donors (Lipinski definition) is 2. The van der Waals surface area contributed by atoms with Gasteiger partial charge in [-0.3, -0.25) is 14.4 Å². The van der Waals surface area contributed by atoms with Crippen LogP contribution in [-0.2, 0) is 4.79 Å². The number of amides is 1. The van der Waals surface area contributed by atoms with Gasteiger partial charge in [-0.1, -0.05) is 0 Å². The van der Waals surface area contributed by atoms with Crippen molar-refractivity contribution in [1.82, 2.24) is 14.3 Å². The molecule has 3 aromatic heterocycles. The molecule has 0 aliphatic heterocycles. The van der Waals surface area contributed by atoms with Gasteiger partial charge in [0.2, 0.25) is 5.91 Å². The summed E-state index contributed by atoms with van der Waals surface area (Å²) in [6, 6.07) is 6.45. The number of nitrogens with two attached hydrogens (primary N) is 2. The van der Waals surface area contributed by atoms with E-state index in [9.17, 15) is 18.8 Å². The second-order valence-electron chi connectivity index (χ2n) is 8.69. The van der Waals surface area contributed by atoms with Crippen LogP contribution in [0.15, 0.2) is 36.7 Å². The Bertz CT molecular complexity index is 1220. The predicted molar refractivity (Wildman–Crippen MR) is 128 cm³/mol. The molecule has 0 bridgehead atoms. The Morgan fingerprint density at radius 3 is 2.43 bits per heavy atom. The van der Waals surface area contributed by atoms with Gasteiger partial charge in [-0.2, -0.15) is 4.37 Å². The summed E-state index contributed by atoms with van der Waals surface area (Å²) in [4.78, 5) is 41.6. The smallest absolute Gasteiger partial charge is 0.236 e. The summed E-state index contributed by atoms with van der Waals surface area (Å²) in [5, 5.41) is 0. The summed E-state index contributed by atoms with van der Waals surface area (Å²) in [5.74, 6) is -0.384. The molecule has 1 fully saturated rings. The van der Waals surface area contributed by atoms with Gasteiger partial charge in [0.25, 0.3) is 0 Å². The molecule has 1 aliphatic rings. The van der Waals surface area contributed by atoms with Gasteiger partial charge in [0.1, 0.15) is 23.2 Å². The van der Waals surface area contributed by atoms with E-state index in [1.807, 2.05) is 6.92 Å². The number of carbonyl (C=O) groups excluding carboxylic acids is 3. The maximum absolute atomic E-state index is 13.8. The number of aromatic nitrogens is 3. The quantitative estimate of drug-likeness (QED) is 0.353. The molecule has 1 atom stereocenters. The minimum absolute atomic E-state index is 0.0909. The molecule has 0 saturated heterocycles. The van der Waals surface area contributed by atoms with E-state index < -0.39 is 17.3 Å². The molecule has 9 nitrogen and oxygen atoms in total. The van der Waals surface area contributed by atoms with Crippen molar-refractivity contribution < 1.29 is 23.5 Å². The van der Waals surface area contributed by atoms with Crippen molar-refractivity contribution in [2.45, 2.75) is 45.3 Å². The molecule has 1 aliphatic carbocycles. The first-order chi connectivity index (χ1) is 16.5. The van der Waals surface area contributed by atoms with E-state index in [0.717, 1.165) is 17.7 Å². The van der Waals surface area contributed by atoms with Crippen LogP contribution in [0.25, 0.3) is 11.3 Å². The standard InChI is InChI=1S/C20H16FN3O3S.C4H10N2O/c1-11(27-14-4-5-16(23-9-14)20(26)12-2-3-12)19-7-17(24-28-19)13-6-15(21)18(10-25)22-8-13;1-4(2,6)3(5)7/h4-12H,2-3H2,1H3;6H2,1-2H3,(H2,5,7). The molecule has 1 unspecified atom stereocenters.